The van der Waals surface area contributed by atoms with Crippen molar-refractivity contribution in [1.29, 1.82) is 0 Å². The summed E-state index contributed by atoms with van der Waals surface area (Å²) in [6, 6.07) is 3.25. The SMILES string of the molecule is COC(=O)c1nc(CC(=O)O)n2cccc(N)c12. The highest BCUT2D eigenvalue weighted by Crippen LogP contribution is 2.20. The fourth-order valence-corrected chi connectivity index (χ4v) is 1.73. The number of rotatable bonds is 3. The van der Waals surface area contributed by atoms with E-state index in [1.807, 2.05) is 0 Å². The Morgan fingerprint density at radius 1 is 1.56 bits per heavy atom. The van der Waals surface area contributed by atoms with E-state index < -0.39 is 11.9 Å². The number of pyridine rings is 1. The van der Waals surface area contributed by atoms with E-state index in [9.17, 15) is 9.59 Å². The summed E-state index contributed by atoms with van der Waals surface area (Å²) in [5.41, 5.74) is 6.49. The fraction of sp³-hybridized carbons (Fsp3) is 0.182. The first-order valence-electron chi connectivity index (χ1n) is 5.10. The molecular formula is C11H11N3O4. The average molecular weight is 249 g/mol. The number of nitrogens with two attached hydrogens (primary N) is 1. The molecule has 7 nitrogen and oxygen atoms in total. The summed E-state index contributed by atoms with van der Waals surface area (Å²) in [6.45, 7) is 0. The summed E-state index contributed by atoms with van der Waals surface area (Å²) in [4.78, 5) is 26.3. The molecule has 7 heteroatoms. The van der Waals surface area contributed by atoms with E-state index in [4.69, 9.17) is 10.8 Å². The third kappa shape index (κ3) is 1.86. The number of imidazole rings is 1. The second-order valence-corrected chi connectivity index (χ2v) is 3.62. The normalized spacial score (nSPS) is 10.5. The van der Waals surface area contributed by atoms with Crippen LogP contribution in [0, 0.1) is 0 Å². The third-order valence-electron chi connectivity index (χ3n) is 2.46. The first kappa shape index (κ1) is 11.9. The molecule has 0 aromatic carbocycles. The first-order chi connectivity index (χ1) is 8.54. The van der Waals surface area contributed by atoms with Gasteiger partial charge in [-0.15, -0.1) is 0 Å². The Kier molecular flexibility index (Phi) is 2.88. The quantitative estimate of drug-likeness (QED) is 0.759. The van der Waals surface area contributed by atoms with E-state index >= 15 is 0 Å². The largest absolute Gasteiger partial charge is 0.481 e. The molecule has 2 aromatic rings. The van der Waals surface area contributed by atoms with Crippen LogP contribution in [0.2, 0.25) is 0 Å². The highest BCUT2D eigenvalue weighted by atomic mass is 16.5. The van der Waals surface area contributed by atoms with E-state index in [0.717, 1.165) is 0 Å². The van der Waals surface area contributed by atoms with Gasteiger partial charge in [-0.3, -0.25) is 4.79 Å². The minimum atomic E-state index is -1.04. The molecular weight excluding hydrogens is 238 g/mol. The van der Waals surface area contributed by atoms with Gasteiger partial charge < -0.3 is 20.0 Å². The molecule has 0 saturated carbocycles. The highest BCUT2D eigenvalue weighted by molar-refractivity contribution is 5.99. The minimum absolute atomic E-state index is 0.0202. The molecule has 0 radical (unpaired) electrons. The second kappa shape index (κ2) is 4.36. The monoisotopic (exact) mass is 249 g/mol. The number of nitrogen functional groups attached to an aromatic ring is 1. The summed E-state index contributed by atoms with van der Waals surface area (Å²) in [6.07, 6.45) is 1.30. The van der Waals surface area contributed by atoms with Crippen molar-refractivity contribution >= 4 is 23.1 Å². The van der Waals surface area contributed by atoms with Crippen LogP contribution in [-0.4, -0.2) is 33.5 Å². The molecule has 0 saturated heterocycles. The second-order valence-electron chi connectivity index (χ2n) is 3.62. The van der Waals surface area contributed by atoms with Crippen LogP contribution in [0.3, 0.4) is 0 Å². The number of carboxylic acids is 1. The predicted octanol–water partition coefficient (Wildman–Crippen LogP) is 0.330. The maximum atomic E-state index is 11.6. The van der Waals surface area contributed by atoms with E-state index in [0.29, 0.717) is 11.2 Å². The van der Waals surface area contributed by atoms with Gasteiger partial charge in [0.05, 0.1) is 12.8 Å². The number of carbonyl (C=O) groups is 2. The van der Waals surface area contributed by atoms with Gasteiger partial charge in [0, 0.05) is 6.20 Å². The minimum Gasteiger partial charge on any atom is -0.481 e. The van der Waals surface area contributed by atoms with Crippen LogP contribution in [0.1, 0.15) is 16.3 Å². The summed E-state index contributed by atoms with van der Waals surface area (Å²) < 4.78 is 6.08. The van der Waals surface area contributed by atoms with Gasteiger partial charge in [0.15, 0.2) is 5.69 Å². The number of methoxy groups -OCH3 is 1. The number of ether oxygens (including phenoxy) is 1. The fourth-order valence-electron chi connectivity index (χ4n) is 1.73. The topological polar surface area (TPSA) is 107 Å². The number of carbonyl (C=O) groups excluding carboxylic acids is 1. The average Bonchev–Trinajstić information content (AvgIpc) is 2.68. The van der Waals surface area contributed by atoms with E-state index in [2.05, 4.69) is 9.72 Å². The van der Waals surface area contributed by atoms with Gasteiger partial charge in [-0.05, 0) is 12.1 Å². The van der Waals surface area contributed by atoms with Crippen LogP contribution in [0.4, 0.5) is 5.69 Å². The van der Waals surface area contributed by atoms with Crippen molar-refractivity contribution in [1.82, 2.24) is 9.38 Å². The van der Waals surface area contributed by atoms with Gasteiger partial charge in [0.1, 0.15) is 17.8 Å². The van der Waals surface area contributed by atoms with Crippen molar-refractivity contribution in [2.75, 3.05) is 12.8 Å². The molecule has 2 aromatic heterocycles. The van der Waals surface area contributed by atoms with E-state index in [1.165, 1.54) is 11.5 Å². The van der Waals surface area contributed by atoms with Crippen LogP contribution in [0.25, 0.3) is 5.52 Å². The number of hydrogen-bond donors (Lipinski definition) is 2. The van der Waals surface area contributed by atoms with Gasteiger partial charge in [0.25, 0.3) is 0 Å². The Morgan fingerprint density at radius 2 is 2.28 bits per heavy atom. The summed E-state index contributed by atoms with van der Waals surface area (Å²) in [5.74, 6) is -1.46. The van der Waals surface area contributed by atoms with Crippen molar-refractivity contribution in [2.24, 2.45) is 0 Å². The number of aliphatic carboxylic acids is 1. The molecule has 0 aliphatic heterocycles. The van der Waals surface area contributed by atoms with E-state index in [1.54, 1.807) is 18.3 Å². The summed E-state index contributed by atoms with van der Waals surface area (Å²) in [7, 11) is 1.23. The van der Waals surface area contributed by atoms with Crippen LogP contribution in [0.15, 0.2) is 18.3 Å². The van der Waals surface area contributed by atoms with Crippen molar-refractivity contribution in [3.63, 3.8) is 0 Å². The summed E-state index contributed by atoms with van der Waals surface area (Å²) >= 11 is 0. The first-order valence-corrected chi connectivity index (χ1v) is 5.10. The molecule has 2 rings (SSSR count). The lowest BCUT2D eigenvalue weighted by atomic mass is 10.3. The Bertz CT molecular complexity index is 632. The van der Waals surface area contributed by atoms with Crippen molar-refractivity contribution in [3.05, 3.63) is 29.8 Å². The Balaban J connectivity index is 2.71. The number of carboxylic acid groups (broad SMARTS) is 1. The Morgan fingerprint density at radius 3 is 2.89 bits per heavy atom. The molecule has 0 bridgehead atoms. The lowest BCUT2D eigenvalue weighted by Gasteiger charge is -2.01. The maximum absolute atomic E-state index is 11.6. The summed E-state index contributed by atoms with van der Waals surface area (Å²) in [5, 5.41) is 8.80. The van der Waals surface area contributed by atoms with Gasteiger partial charge in [0.2, 0.25) is 0 Å². The van der Waals surface area contributed by atoms with Crippen molar-refractivity contribution in [3.8, 4) is 0 Å². The number of aromatic nitrogens is 2. The van der Waals surface area contributed by atoms with Gasteiger partial charge in [-0.1, -0.05) is 0 Å². The smallest absolute Gasteiger partial charge is 0.359 e. The molecule has 0 unspecified atom stereocenters. The number of anilines is 1. The molecule has 0 spiro atoms. The molecule has 18 heavy (non-hydrogen) atoms. The maximum Gasteiger partial charge on any atom is 0.359 e. The van der Waals surface area contributed by atoms with Gasteiger partial charge >= 0.3 is 11.9 Å². The van der Waals surface area contributed by atoms with Crippen LogP contribution in [0.5, 0.6) is 0 Å². The lowest BCUT2D eigenvalue weighted by molar-refractivity contribution is -0.136. The zero-order chi connectivity index (χ0) is 13.3. The molecule has 0 atom stereocenters. The zero-order valence-electron chi connectivity index (χ0n) is 9.58. The van der Waals surface area contributed by atoms with Gasteiger partial charge in [-0.25, -0.2) is 9.78 Å². The molecule has 0 fully saturated rings. The number of esters is 1. The molecule has 0 aliphatic rings. The molecule has 2 heterocycles. The third-order valence-corrected chi connectivity index (χ3v) is 2.46. The lowest BCUT2D eigenvalue weighted by Crippen LogP contribution is -2.05. The van der Waals surface area contributed by atoms with Crippen molar-refractivity contribution < 1.29 is 19.4 Å². The molecule has 0 amide bonds. The Hall–Kier alpha value is -2.57. The molecule has 0 aliphatic carbocycles. The zero-order valence-corrected chi connectivity index (χ0v) is 9.58. The van der Waals surface area contributed by atoms with E-state index in [-0.39, 0.29) is 17.9 Å². The number of nitrogens with zero attached hydrogens (tertiary/aromatic N) is 2. The highest BCUT2D eigenvalue weighted by Gasteiger charge is 2.20. The number of hydrogen-bond acceptors (Lipinski definition) is 5. The standard InChI is InChI=1S/C11H11N3O4/c1-18-11(17)9-10-6(12)3-2-4-14(10)7(13-9)5-8(15)16/h2-4H,5,12H2,1H3,(H,15,16). The number of fused-ring (bicyclic) bond motifs is 1. The van der Waals surface area contributed by atoms with Crippen LogP contribution >= 0.6 is 0 Å². The van der Waals surface area contributed by atoms with Gasteiger partial charge in [-0.2, -0.15) is 0 Å². The Labute approximate surface area is 102 Å². The molecule has 94 valence electrons. The predicted molar refractivity (Wildman–Crippen MR) is 62.3 cm³/mol. The molecule has 3 N–H and O–H groups in total. The van der Waals surface area contributed by atoms with Crippen LogP contribution < -0.4 is 5.73 Å². The van der Waals surface area contributed by atoms with Crippen molar-refractivity contribution in [2.45, 2.75) is 6.42 Å². The van der Waals surface area contributed by atoms with Crippen LogP contribution in [-0.2, 0) is 16.0 Å².